The van der Waals surface area contributed by atoms with Gasteiger partial charge in [0.2, 0.25) is 10.0 Å². The zero-order valence-corrected chi connectivity index (χ0v) is 14.1. The molecule has 21 heavy (non-hydrogen) atoms. The first-order valence-corrected chi connectivity index (χ1v) is 8.56. The van der Waals surface area contributed by atoms with Crippen LogP contribution in [0.1, 0.15) is 5.56 Å². The molecular weight excluding hydrogens is 408 g/mol. The molecule has 2 aromatic carbocycles. The van der Waals surface area contributed by atoms with E-state index >= 15 is 0 Å². The zero-order chi connectivity index (χ0) is 15.5. The first kappa shape index (κ1) is 16.2. The van der Waals surface area contributed by atoms with Crippen LogP contribution in [0.4, 0.5) is 4.39 Å². The van der Waals surface area contributed by atoms with Gasteiger partial charge in [0.1, 0.15) is 11.6 Å². The van der Waals surface area contributed by atoms with Crippen LogP contribution in [0.3, 0.4) is 0 Å². The van der Waals surface area contributed by atoms with Gasteiger partial charge in [-0.2, -0.15) is 0 Å². The summed E-state index contributed by atoms with van der Waals surface area (Å²) >= 11 is 2.01. The lowest BCUT2D eigenvalue weighted by atomic mass is 10.2. The van der Waals surface area contributed by atoms with Crippen molar-refractivity contribution in [2.45, 2.75) is 11.4 Å². The van der Waals surface area contributed by atoms with Gasteiger partial charge in [0.15, 0.2) is 0 Å². The number of nitrogens with one attached hydrogen (secondary N) is 1. The minimum absolute atomic E-state index is 0.102. The summed E-state index contributed by atoms with van der Waals surface area (Å²) < 4.78 is 45.5. The molecule has 4 nitrogen and oxygen atoms in total. The molecular formula is C14H13FINO3S. The van der Waals surface area contributed by atoms with E-state index in [1.165, 1.54) is 43.5 Å². The predicted octanol–water partition coefficient (Wildman–Crippen LogP) is 2.92. The first-order valence-electron chi connectivity index (χ1n) is 6.00. The van der Waals surface area contributed by atoms with E-state index in [0.717, 1.165) is 0 Å². The van der Waals surface area contributed by atoms with Crippen LogP contribution >= 0.6 is 22.6 Å². The van der Waals surface area contributed by atoms with Crippen molar-refractivity contribution in [3.05, 3.63) is 57.4 Å². The summed E-state index contributed by atoms with van der Waals surface area (Å²) in [6.07, 6.45) is 0. The van der Waals surface area contributed by atoms with Crippen molar-refractivity contribution < 1.29 is 17.5 Å². The summed E-state index contributed by atoms with van der Waals surface area (Å²) in [6, 6.07) is 10.3. The second-order valence-electron chi connectivity index (χ2n) is 4.25. The molecule has 0 atom stereocenters. The standard InChI is InChI=1S/C14H13FINO3S/c1-20-14-7-6-12(8-13(14)16)21(18,19)17-9-10-2-4-11(15)5-3-10/h2-8,17H,9H2,1H3. The number of hydrogen-bond donors (Lipinski definition) is 1. The average molecular weight is 421 g/mol. The maximum absolute atomic E-state index is 12.8. The minimum atomic E-state index is -3.62. The van der Waals surface area contributed by atoms with Crippen molar-refractivity contribution in [1.82, 2.24) is 4.72 Å². The Kier molecular flexibility index (Phi) is 5.17. The highest BCUT2D eigenvalue weighted by molar-refractivity contribution is 14.1. The van der Waals surface area contributed by atoms with Crippen LogP contribution in [0.5, 0.6) is 5.75 Å². The van der Waals surface area contributed by atoms with E-state index in [2.05, 4.69) is 4.72 Å². The molecule has 0 aliphatic heterocycles. The summed E-state index contributed by atoms with van der Waals surface area (Å²) in [6.45, 7) is 0.102. The number of methoxy groups -OCH3 is 1. The van der Waals surface area contributed by atoms with Crippen molar-refractivity contribution in [2.24, 2.45) is 0 Å². The van der Waals surface area contributed by atoms with Crippen LogP contribution in [0, 0.1) is 9.39 Å². The van der Waals surface area contributed by atoms with Crippen LogP contribution in [0.15, 0.2) is 47.4 Å². The molecule has 0 aromatic heterocycles. The van der Waals surface area contributed by atoms with Crippen LogP contribution in [-0.4, -0.2) is 15.5 Å². The highest BCUT2D eigenvalue weighted by atomic mass is 127. The smallest absolute Gasteiger partial charge is 0.240 e. The van der Waals surface area contributed by atoms with E-state index < -0.39 is 10.0 Å². The molecule has 0 aliphatic rings. The summed E-state index contributed by atoms with van der Waals surface area (Å²) in [7, 11) is -2.09. The highest BCUT2D eigenvalue weighted by Gasteiger charge is 2.15. The summed E-state index contributed by atoms with van der Waals surface area (Å²) in [4.78, 5) is 0.162. The summed E-state index contributed by atoms with van der Waals surface area (Å²) in [5, 5.41) is 0. The van der Waals surface area contributed by atoms with Crippen LogP contribution in [0.2, 0.25) is 0 Å². The molecule has 0 unspecified atom stereocenters. The maximum atomic E-state index is 12.8. The van der Waals surface area contributed by atoms with E-state index in [-0.39, 0.29) is 17.3 Å². The lowest BCUT2D eigenvalue weighted by Crippen LogP contribution is -2.23. The Morgan fingerprint density at radius 3 is 2.43 bits per heavy atom. The summed E-state index contributed by atoms with van der Waals surface area (Å²) in [5.41, 5.74) is 0.684. The summed E-state index contributed by atoms with van der Waals surface area (Å²) in [5.74, 6) is 0.263. The van der Waals surface area contributed by atoms with Crippen molar-refractivity contribution in [2.75, 3.05) is 7.11 Å². The second kappa shape index (κ2) is 6.71. The van der Waals surface area contributed by atoms with Crippen molar-refractivity contribution in [3.63, 3.8) is 0 Å². The van der Waals surface area contributed by atoms with Crippen molar-refractivity contribution in [3.8, 4) is 5.75 Å². The molecule has 0 fully saturated rings. The molecule has 7 heteroatoms. The SMILES string of the molecule is COc1ccc(S(=O)(=O)NCc2ccc(F)cc2)cc1I. The normalized spacial score (nSPS) is 11.4. The predicted molar refractivity (Wildman–Crippen MR) is 86.1 cm³/mol. The lowest BCUT2D eigenvalue weighted by molar-refractivity contribution is 0.411. The van der Waals surface area contributed by atoms with Gasteiger partial charge < -0.3 is 4.74 Å². The van der Waals surface area contributed by atoms with Gasteiger partial charge in [-0.3, -0.25) is 0 Å². The lowest BCUT2D eigenvalue weighted by Gasteiger charge is -2.09. The number of sulfonamides is 1. The van der Waals surface area contributed by atoms with E-state index in [9.17, 15) is 12.8 Å². The number of benzene rings is 2. The van der Waals surface area contributed by atoms with E-state index in [1.54, 1.807) is 6.07 Å². The molecule has 0 spiro atoms. The average Bonchev–Trinajstić information content (AvgIpc) is 2.46. The minimum Gasteiger partial charge on any atom is -0.496 e. The van der Waals surface area contributed by atoms with E-state index in [4.69, 9.17) is 4.74 Å². The van der Waals surface area contributed by atoms with Gasteiger partial charge in [-0.1, -0.05) is 12.1 Å². The highest BCUT2D eigenvalue weighted by Crippen LogP contribution is 2.23. The maximum Gasteiger partial charge on any atom is 0.240 e. The molecule has 0 saturated carbocycles. The third-order valence-electron chi connectivity index (χ3n) is 2.81. The molecule has 2 aromatic rings. The third-order valence-corrected chi connectivity index (χ3v) is 5.06. The quantitative estimate of drug-likeness (QED) is 0.756. The molecule has 0 radical (unpaired) electrons. The molecule has 112 valence electrons. The Balaban J connectivity index is 2.14. The van der Waals surface area contributed by atoms with Crippen LogP contribution in [-0.2, 0) is 16.6 Å². The topological polar surface area (TPSA) is 55.4 Å². The van der Waals surface area contributed by atoms with E-state index in [1.807, 2.05) is 22.6 Å². The third kappa shape index (κ3) is 4.14. The Hall–Kier alpha value is -1.19. The Morgan fingerprint density at radius 1 is 1.19 bits per heavy atom. The molecule has 0 amide bonds. The monoisotopic (exact) mass is 421 g/mol. The van der Waals surface area contributed by atoms with Gasteiger partial charge in [-0.05, 0) is 58.5 Å². The fourth-order valence-corrected chi connectivity index (χ4v) is 3.67. The largest absolute Gasteiger partial charge is 0.496 e. The number of halogens is 2. The molecule has 0 bridgehead atoms. The van der Waals surface area contributed by atoms with Gasteiger partial charge >= 0.3 is 0 Å². The van der Waals surface area contributed by atoms with Crippen LogP contribution < -0.4 is 9.46 Å². The number of hydrogen-bond acceptors (Lipinski definition) is 3. The Labute approximate surface area is 136 Å². The van der Waals surface area contributed by atoms with Gasteiger partial charge in [0.05, 0.1) is 15.6 Å². The fraction of sp³-hybridized carbons (Fsp3) is 0.143. The molecule has 0 aliphatic carbocycles. The van der Waals surface area contributed by atoms with Gasteiger partial charge in [0.25, 0.3) is 0 Å². The van der Waals surface area contributed by atoms with Gasteiger partial charge in [-0.15, -0.1) is 0 Å². The first-order chi connectivity index (χ1) is 9.92. The zero-order valence-electron chi connectivity index (χ0n) is 11.1. The Bertz CT molecular complexity index is 732. The van der Waals surface area contributed by atoms with Crippen molar-refractivity contribution in [1.29, 1.82) is 0 Å². The molecule has 1 N–H and O–H groups in total. The van der Waals surface area contributed by atoms with Crippen molar-refractivity contribution >= 4 is 32.6 Å². The Morgan fingerprint density at radius 2 is 1.86 bits per heavy atom. The van der Waals surface area contributed by atoms with Gasteiger partial charge in [0, 0.05) is 6.54 Å². The number of rotatable bonds is 5. The molecule has 2 rings (SSSR count). The fourth-order valence-electron chi connectivity index (χ4n) is 1.68. The second-order valence-corrected chi connectivity index (χ2v) is 7.18. The number of ether oxygens (including phenoxy) is 1. The molecule has 0 heterocycles. The van der Waals surface area contributed by atoms with E-state index in [0.29, 0.717) is 14.9 Å². The van der Waals surface area contributed by atoms with Crippen LogP contribution in [0.25, 0.3) is 0 Å². The molecule has 0 saturated heterocycles. The van der Waals surface area contributed by atoms with Gasteiger partial charge in [-0.25, -0.2) is 17.5 Å².